The molecule has 1 aliphatic rings. The highest BCUT2D eigenvalue weighted by Crippen LogP contribution is 2.15. The third kappa shape index (κ3) is 3.27. The highest BCUT2D eigenvalue weighted by molar-refractivity contribution is 5.38. The zero-order valence-corrected chi connectivity index (χ0v) is 11.2. The molecule has 0 amide bonds. The molecule has 2 aromatic rings. The summed E-state index contributed by atoms with van der Waals surface area (Å²) in [4.78, 5) is 4.12. The summed E-state index contributed by atoms with van der Waals surface area (Å²) in [6.07, 6.45) is 7.76. The minimum atomic E-state index is 0.179. The average molecular weight is 274 g/mol. The summed E-state index contributed by atoms with van der Waals surface area (Å²) < 4.78 is 7.50. The van der Waals surface area contributed by atoms with Gasteiger partial charge in [-0.15, -0.1) is 0 Å². The molecule has 3 rings (SSSR count). The summed E-state index contributed by atoms with van der Waals surface area (Å²) in [6, 6.07) is 3.42. The van der Waals surface area contributed by atoms with Gasteiger partial charge < -0.3 is 15.2 Å². The lowest BCUT2D eigenvalue weighted by atomic mass is 10.2. The van der Waals surface area contributed by atoms with Crippen molar-refractivity contribution in [3.8, 4) is 5.75 Å². The van der Waals surface area contributed by atoms with E-state index in [1.807, 2.05) is 10.9 Å². The van der Waals surface area contributed by atoms with Crippen molar-refractivity contribution in [3.05, 3.63) is 36.4 Å². The maximum atomic E-state index is 9.17. The smallest absolute Gasteiger partial charge is 0.133 e. The first-order valence-electron chi connectivity index (χ1n) is 6.81. The number of rotatable bonds is 5. The lowest BCUT2D eigenvalue weighted by Crippen LogP contribution is -2.15. The molecule has 1 unspecified atom stereocenters. The van der Waals surface area contributed by atoms with Gasteiger partial charge in [-0.25, -0.2) is 0 Å². The predicted molar refractivity (Wildman–Crippen MR) is 74.4 cm³/mol. The number of ether oxygens (including phenoxy) is 1. The van der Waals surface area contributed by atoms with Crippen LogP contribution in [0.25, 0.3) is 0 Å². The Hall–Kier alpha value is -2.08. The second kappa shape index (κ2) is 5.92. The van der Waals surface area contributed by atoms with E-state index in [2.05, 4.69) is 15.4 Å². The Kier molecular flexibility index (Phi) is 3.83. The molecule has 2 aromatic heterocycles. The molecule has 1 atom stereocenters. The van der Waals surface area contributed by atoms with Gasteiger partial charge in [0.2, 0.25) is 0 Å². The van der Waals surface area contributed by atoms with Gasteiger partial charge in [0.25, 0.3) is 0 Å². The van der Waals surface area contributed by atoms with Crippen molar-refractivity contribution < 1.29 is 9.84 Å². The van der Waals surface area contributed by atoms with Crippen molar-refractivity contribution in [2.24, 2.45) is 0 Å². The van der Waals surface area contributed by atoms with Crippen LogP contribution in [0.2, 0.25) is 0 Å². The van der Waals surface area contributed by atoms with E-state index in [-0.39, 0.29) is 5.75 Å². The van der Waals surface area contributed by atoms with Gasteiger partial charge >= 0.3 is 0 Å². The van der Waals surface area contributed by atoms with Crippen molar-refractivity contribution in [3.63, 3.8) is 0 Å². The standard InChI is InChI=1S/C14H18N4O2/c19-13-4-3-11(16-8-13)6-15-12-7-17-18(9-12)10-14-2-1-5-20-14/h3-4,7-9,14-15,19H,1-2,5-6,10H2. The molecule has 0 aromatic carbocycles. The highest BCUT2D eigenvalue weighted by atomic mass is 16.5. The van der Waals surface area contributed by atoms with Gasteiger partial charge in [0, 0.05) is 12.8 Å². The summed E-state index contributed by atoms with van der Waals surface area (Å²) >= 11 is 0. The van der Waals surface area contributed by atoms with E-state index in [9.17, 15) is 5.11 Å². The Bertz CT molecular complexity index is 547. The molecule has 0 spiro atoms. The quantitative estimate of drug-likeness (QED) is 0.869. The maximum Gasteiger partial charge on any atom is 0.133 e. The van der Waals surface area contributed by atoms with E-state index in [1.165, 1.54) is 6.20 Å². The first-order chi connectivity index (χ1) is 9.79. The van der Waals surface area contributed by atoms with Crippen LogP contribution in [0.4, 0.5) is 5.69 Å². The number of hydrogen-bond donors (Lipinski definition) is 2. The number of pyridine rings is 1. The minimum Gasteiger partial charge on any atom is -0.506 e. The van der Waals surface area contributed by atoms with Crippen molar-refractivity contribution in [2.45, 2.75) is 32.0 Å². The minimum absolute atomic E-state index is 0.179. The third-order valence-electron chi connectivity index (χ3n) is 3.33. The summed E-state index contributed by atoms with van der Waals surface area (Å²) in [5.41, 5.74) is 1.83. The monoisotopic (exact) mass is 274 g/mol. The van der Waals surface area contributed by atoms with Crippen LogP contribution in [0.5, 0.6) is 5.75 Å². The summed E-state index contributed by atoms with van der Waals surface area (Å²) in [5, 5.41) is 16.8. The Balaban J connectivity index is 1.52. The van der Waals surface area contributed by atoms with Gasteiger partial charge in [-0.2, -0.15) is 5.10 Å². The second-order valence-electron chi connectivity index (χ2n) is 4.95. The zero-order chi connectivity index (χ0) is 13.8. The van der Waals surface area contributed by atoms with Crippen LogP contribution in [0, 0.1) is 0 Å². The van der Waals surface area contributed by atoms with Gasteiger partial charge in [0.05, 0.1) is 43.0 Å². The van der Waals surface area contributed by atoms with E-state index < -0.39 is 0 Å². The molecule has 1 aliphatic heterocycles. The molecule has 6 heteroatoms. The molecule has 0 radical (unpaired) electrons. The van der Waals surface area contributed by atoms with E-state index in [4.69, 9.17) is 4.74 Å². The Morgan fingerprint density at radius 2 is 2.35 bits per heavy atom. The number of hydrogen-bond acceptors (Lipinski definition) is 5. The molecule has 0 aliphatic carbocycles. The van der Waals surface area contributed by atoms with Crippen LogP contribution >= 0.6 is 0 Å². The lowest BCUT2D eigenvalue weighted by Gasteiger charge is -2.08. The molecule has 0 saturated carbocycles. The Morgan fingerprint density at radius 1 is 1.40 bits per heavy atom. The number of aromatic nitrogens is 3. The molecule has 20 heavy (non-hydrogen) atoms. The summed E-state index contributed by atoms with van der Waals surface area (Å²) in [6.45, 7) is 2.27. The lowest BCUT2D eigenvalue weighted by molar-refractivity contribution is 0.0940. The van der Waals surface area contributed by atoms with Crippen molar-refractivity contribution in [1.82, 2.24) is 14.8 Å². The number of anilines is 1. The first-order valence-corrected chi connectivity index (χ1v) is 6.81. The summed E-state index contributed by atoms with van der Waals surface area (Å²) in [5.74, 6) is 0.179. The van der Waals surface area contributed by atoms with E-state index in [1.54, 1.807) is 18.3 Å². The Labute approximate surface area is 117 Å². The number of nitrogens with zero attached hydrogens (tertiary/aromatic N) is 3. The van der Waals surface area contributed by atoms with Crippen molar-refractivity contribution in [2.75, 3.05) is 11.9 Å². The normalized spacial score (nSPS) is 18.3. The van der Waals surface area contributed by atoms with E-state index in [0.29, 0.717) is 12.6 Å². The maximum absolute atomic E-state index is 9.17. The van der Waals surface area contributed by atoms with Crippen LogP contribution in [-0.2, 0) is 17.8 Å². The molecular weight excluding hydrogens is 256 g/mol. The average Bonchev–Trinajstić information content (AvgIpc) is 3.11. The van der Waals surface area contributed by atoms with E-state index in [0.717, 1.165) is 37.4 Å². The van der Waals surface area contributed by atoms with Gasteiger partial charge in [-0.1, -0.05) is 0 Å². The van der Waals surface area contributed by atoms with Crippen molar-refractivity contribution >= 4 is 5.69 Å². The highest BCUT2D eigenvalue weighted by Gasteiger charge is 2.16. The van der Waals surface area contributed by atoms with Gasteiger partial charge in [0.15, 0.2) is 0 Å². The van der Waals surface area contributed by atoms with Crippen molar-refractivity contribution in [1.29, 1.82) is 0 Å². The van der Waals surface area contributed by atoms with Crippen LogP contribution in [0.3, 0.4) is 0 Å². The molecular formula is C14H18N4O2. The zero-order valence-electron chi connectivity index (χ0n) is 11.2. The fraction of sp³-hybridized carbons (Fsp3) is 0.429. The largest absolute Gasteiger partial charge is 0.506 e. The molecule has 1 fully saturated rings. The Morgan fingerprint density at radius 3 is 3.10 bits per heavy atom. The van der Waals surface area contributed by atoms with Gasteiger partial charge in [-0.05, 0) is 25.0 Å². The first kappa shape index (κ1) is 12.9. The van der Waals surface area contributed by atoms with Crippen LogP contribution < -0.4 is 5.32 Å². The number of aromatic hydroxyl groups is 1. The topological polar surface area (TPSA) is 72.2 Å². The predicted octanol–water partition coefficient (Wildman–Crippen LogP) is 1.77. The molecule has 1 saturated heterocycles. The van der Waals surface area contributed by atoms with Crippen LogP contribution in [0.15, 0.2) is 30.7 Å². The molecule has 0 bridgehead atoms. The third-order valence-corrected chi connectivity index (χ3v) is 3.33. The second-order valence-corrected chi connectivity index (χ2v) is 4.95. The van der Waals surface area contributed by atoms with Crippen LogP contribution in [0.1, 0.15) is 18.5 Å². The fourth-order valence-corrected chi connectivity index (χ4v) is 2.27. The fourth-order valence-electron chi connectivity index (χ4n) is 2.27. The van der Waals surface area contributed by atoms with Gasteiger partial charge in [0.1, 0.15) is 5.75 Å². The summed E-state index contributed by atoms with van der Waals surface area (Å²) in [7, 11) is 0. The molecule has 2 N–H and O–H groups in total. The van der Waals surface area contributed by atoms with Crippen LogP contribution in [-0.4, -0.2) is 32.6 Å². The van der Waals surface area contributed by atoms with E-state index >= 15 is 0 Å². The SMILES string of the molecule is Oc1ccc(CNc2cnn(CC3CCCO3)c2)nc1. The molecule has 106 valence electrons. The molecule has 3 heterocycles. The molecule has 6 nitrogen and oxygen atoms in total. The van der Waals surface area contributed by atoms with Gasteiger partial charge in [-0.3, -0.25) is 9.67 Å². The number of nitrogens with one attached hydrogen (secondary N) is 1.